The van der Waals surface area contributed by atoms with E-state index in [1.165, 1.54) is 11.1 Å². The Balaban J connectivity index is 2.36. The molecule has 0 unspecified atom stereocenters. The van der Waals surface area contributed by atoms with Gasteiger partial charge in [-0.3, -0.25) is 4.79 Å². The Morgan fingerprint density at radius 3 is 2.88 bits per heavy atom. The zero-order chi connectivity index (χ0) is 11.5. The van der Waals surface area contributed by atoms with Crippen LogP contribution >= 0.6 is 11.8 Å². The van der Waals surface area contributed by atoms with Crippen molar-refractivity contribution >= 4 is 23.4 Å². The number of carbonyl (C=O) groups is 1. The van der Waals surface area contributed by atoms with Crippen molar-refractivity contribution < 1.29 is 4.79 Å². The van der Waals surface area contributed by atoms with E-state index in [0.29, 0.717) is 5.75 Å². The van der Waals surface area contributed by atoms with Crippen LogP contribution in [-0.4, -0.2) is 17.5 Å². The number of amides is 1. The van der Waals surface area contributed by atoms with Crippen LogP contribution in [0.5, 0.6) is 0 Å². The highest BCUT2D eigenvalue weighted by molar-refractivity contribution is 8.00. The molecule has 16 heavy (non-hydrogen) atoms. The lowest BCUT2D eigenvalue weighted by Gasteiger charge is -2.19. The molecule has 1 saturated heterocycles. The minimum absolute atomic E-state index is 0.243. The molecule has 1 aromatic rings. The topological polar surface area (TPSA) is 20.3 Å². The minimum atomic E-state index is 0.243. The summed E-state index contributed by atoms with van der Waals surface area (Å²) in [5.41, 5.74) is 3.64. The summed E-state index contributed by atoms with van der Waals surface area (Å²) in [5.74, 6) is 1.67. The van der Waals surface area contributed by atoms with Crippen LogP contribution in [0.2, 0.25) is 0 Å². The molecule has 0 spiro atoms. The highest BCUT2D eigenvalue weighted by Gasteiger charge is 2.24. The van der Waals surface area contributed by atoms with E-state index in [0.717, 1.165) is 24.4 Å². The van der Waals surface area contributed by atoms with Crippen LogP contribution in [0, 0.1) is 6.92 Å². The summed E-state index contributed by atoms with van der Waals surface area (Å²) in [6, 6.07) is 6.42. The molecule has 0 saturated carbocycles. The third-order valence-corrected chi connectivity index (χ3v) is 3.69. The van der Waals surface area contributed by atoms with Gasteiger partial charge in [0.2, 0.25) is 5.91 Å². The van der Waals surface area contributed by atoms with Crippen molar-refractivity contribution in [1.29, 1.82) is 0 Å². The van der Waals surface area contributed by atoms with Crippen molar-refractivity contribution in [3.8, 4) is 0 Å². The number of hydrogen-bond acceptors (Lipinski definition) is 2. The van der Waals surface area contributed by atoms with Gasteiger partial charge in [-0.15, -0.1) is 11.8 Å². The molecule has 0 aliphatic carbocycles. The molecule has 86 valence electrons. The van der Waals surface area contributed by atoms with Crippen molar-refractivity contribution in [1.82, 2.24) is 0 Å². The second kappa shape index (κ2) is 4.91. The maximum absolute atomic E-state index is 11.7. The van der Waals surface area contributed by atoms with Gasteiger partial charge in [0.05, 0.1) is 11.6 Å². The van der Waals surface area contributed by atoms with Crippen molar-refractivity contribution in [3.63, 3.8) is 0 Å². The van der Waals surface area contributed by atoms with Crippen LogP contribution in [0.3, 0.4) is 0 Å². The number of thioether (sulfide) groups is 1. The molecule has 1 fully saturated rings. The fourth-order valence-electron chi connectivity index (χ4n) is 1.98. The highest BCUT2D eigenvalue weighted by Crippen LogP contribution is 2.29. The predicted octanol–water partition coefficient (Wildman–Crippen LogP) is 2.98. The largest absolute Gasteiger partial charge is 0.302 e. The van der Waals surface area contributed by atoms with Gasteiger partial charge in [0, 0.05) is 5.69 Å². The Bertz CT molecular complexity index is 403. The summed E-state index contributed by atoms with van der Waals surface area (Å²) in [6.07, 6.45) is 2.16. The molecule has 1 aliphatic heterocycles. The third kappa shape index (κ3) is 2.24. The lowest BCUT2D eigenvalue weighted by Crippen LogP contribution is -2.26. The minimum Gasteiger partial charge on any atom is -0.302 e. The van der Waals surface area contributed by atoms with Crippen LogP contribution in [-0.2, 0) is 11.2 Å². The van der Waals surface area contributed by atoms with Gasteiger partial charge in [0.1, 0.15) is 0 Å². The van der Waals surface area contributed by atoms with E-state index in [1.54, 1.807) is 11.8 Å². The Labute approximate surface area is 101 Å². The quantitative estimate of drug-likeness (QED) is 0.802. The van der Waals surface area contributed by atoms with Crippen LogP contribution in [0.1, 0.15) is 24.5 Å². The van der Waals surface area contributed by atoms with Crippen LogP contribution < -0.4 is 4.90 Å². The van der Waals surface area contributed by atoms with Crippen molar-refractivity contribution in [3.05, 3.63) is 29.3 Å². The second-order valence-corrected chi connectivity index (χ2v) is 5.14. The van der Waals surface area contributed by atoms with Gasteiger partial charge in [-0.05, 0) is 30.5 Å². The number of nitrogens with zero attached hydrogens (tertiary/aromatic N) is 1. The monoisotopic (exact) mass is 235 g/mol. The molecule has 0 N–H and O–H groups in total. The number of aryl methyl sites for hydroxylation is 2. The number of hydrogen-bond donors (Lipinski definition) is 0. The molecule has 1 aromatic carbocycles. The second-order valence-electron chi connectivity index (χ2n) is 4.18. The van der Waals surface area contributed by atoms with E-state index in [1.807, 2.05) is 4.90 Å². The maximum atomic E-state index is 11.7. The fraction of sp³-hybridized carbons (Fsp3) is 0.462. The average Bonchev–Trinajstić information content (AvgIpc) is 2.67. The van der Waals surface area contributed by atoms with E-state index in [-0.39, 0.29) is 5.91 Å². The molecule has 0 aromatic heterocycles. The molecule has 3 heteroatoms. The zero-order valence-corrected chi connectivity index (χ0v) is 10.6. The van der Waals surface area contributed by atoms with E-state index in [9.17, 15) is 4.79 Å². The molecule has 2 rings (SSSR count). The Morgan fingerprint density at radius 1 is 1.44 bits per heavy atom. The summed E-state index contributed by atoms with van der Waals surface area (Å²) in [7, 11) is 0. The van der Waals surface area contributed by atoms with E-state index in [2.05, 4.69) is 32.0 Å². The van der Waals surface area contributed by atoms with Gasteiger partial charge in [0.25, 0.3) is 0 Å². The summed E-state index contributed by atoms with van der Waals surface area (Å²) < 4.78 is 0. The first-order valence-electron chi connectivity index (χ1n) is 5.70. The SMILES string of the molecule is CCCc1ccc(C)cc1N1CSCC1=O. The van der Waals surface area contributed by atoms with Gasteiger partial charge in [0.15, 0.2) is 0 Å². The summed E-state index contributed by atoms with van der Waals surface area (Å²) in [4.78, 5) is 13.7. The Kier molecular flexibility index (Phi) is 3.54. The zero-order valence-electron chi connectivity index (χ0n) is 9.82. The summed E-state index contributed by atoms with van der Waals surface area (Å²) in [5, 5.41) is 0. The highest BCUT2D eigenvalue weighted by atomic mass is 32.2. The van der Waals surface area contributed by atoms with Crippen molar-refractivity contribution in [2.24, 2.45) is 0 Å². The number of benzene rings is 1. The molecule has 1 aliphatic rings. The molecule has 0 radical (unpaired) electrons. The number of anilines is 1. The molecule has 1 heterocycles. The van der Waals surface area contributed by atoms with Gasteiger partial charge in [-0.25, -0.2) is 0 Å². The van der Waals surface area contributed by atoms with Gasteiger partial charge >= 0.3 is 0 Å². The first-order valence-corrected chi connectivity index (χ1v) is 6.85. The van der Waals surface area contributed by atoms with Gasteiger partial charge in [-0.2, -0.15) is 0 Å². The molecule has 0 atom stereocenters. The average molecular weight is 235 g/mol. The maximum Gasteiger partial charge on any atom is 0.237 e. The van der Waals surface area contributed by atoms with Crippen LogP contribution in [0.4, 0.5) is 5.69 Å². The number of rotatable bonds is 3. The first kappa shape index (κ1) is 11.5. The lowest BCUT2D eigenvalue weighted by atomic mass is 10.0. The molecule has 0 bridgehead atoms. The van der Waals surface area contributed by atoms with Gasteiger partial charge in [-0.1, -0.05) is 25.5 Å². The van der Waals surface area contributed by atoms with Crippen LogP contribution in [0.25, 0.3) is 0 Å². The molecule has 2 nitrogen and oxygen atoms in total. The normalized spacial score (nSPS) is 15.9. The van der Waals surface area contributed by atoms with E-state index in [4.69, 9.17) is 0 Å². The number of carbonyl (C=O) groups excluding carboxylic acids is 1. The van der Waals surface area contributed by atoms with E-state index < -0.39 is 0 Å². The molecular formula is C13H17NOS. The third-order valence-electron chi connectivity index (χ3n) is 2.80. The fourth-order valence-corrected chi connectivity index (χ4v) is 2.87. The Hall–Kier alpha value is -0.960. The first-order chi connectivity index (χ1) is 7.72. The standard InChI is InChI=1S/C13H17NOS/c1-3-4-11-6-5-10(2)7-12(11)14-9-16-8-13(14)15/h5-7H,3-4,8-9H2,1-2H3. The molecular weight excluding hydrogens is 218 g/mol. The van der Waals surface area contributed by atoms with Crippen molar-refractivity contribution in [2.45, 2.75) is 26.7 Å². The summed E-state index contributed by atoms with van der Waals surface area (Å²) in [6.45, 7) is 4.25. The van der Waals surface area contributed by atoms with E-state index >= 15 is 0 Å². The van der Waals surface area contributed by atoms with Gasteiger partial charge < -0.3 is 4.90 Å². The Morgan fingerprint density at radius 2 is 2.25 bits per heavy atom. The lowest BCUT2D eigenvalue weighted by molar-refractivity contribution is -0.115. The molecule has 1 amide bonds. The smallest absolute Gasteiger partial charge is 0.237 e. The van der Waals surface area contributed by atoms with Crippen LogP contribution in [0.15, 0.2) is 18.2 Å². The summed E-state index contributed by atoms with van der Waals surface area (Å²) >= 11 is 1.69. The van der Waals surface area contributed by atoms with Crippen molar-refractivity contribution in [2.75, 3.05) is 16.5 Å². The predicted molar refractivity (Wildman–Crippen MR) is 70.0 cm³/mol.